The van der Waals surface area contributed by atoms with Crippen molar-refractivity contribution in [3.63, 3.8) is 0 Å². The van der Waals surface area contributed by atoms with E-state index in [4.69, 9.17) is 5.73 Å². The molecule has 1 aromatic rings. The molecule has 0 atom stereocenters. The Hall–Kier alpha value is -0.770. The van der Waals surface area contributed by atoms with Crippen LogP contribution in [0.2, 0.25) is 0 Å². The maximum atomic E-state index is 5.55. The molecule has 0 unspecified atom stereocenters. The molecule has 68 valence electrons. The van der Waals surface area contributed by atoms with Crippen molar-refractivity contribution < 1.29 is 0 Å². The van der Waals surface area contributed by atoms with Crippen molar-refractivity contribution in [2.24, 2.45) is 0 Å². The molecular formula is C8H15N3S. The first-order chi connectivity index (χ1) is 5.53. The van der Waals surface area contributed by atoms with Gasteiger partial charge < -0.3 is 11.1 Å². The molecule has 1 heterocycles. The summed E-state index contributed by atoms with van der Waals surface area (Å²) in [4.78, 5) is 4.13. The van der Waals surface area contributed by atoms with Crippen LogP contribution in [0.3, 0.4) is 0 Å². The van der Waals surface area contributed by atoms with Gasteiger partial charge in [-0.3, -0.25) is 0 Å². The molecule has 4 heteroatoms. The quantitative estimate of drug-likeness (QED) is 0.760. The number of nitrogens with one attached hydrogen (secondary N) is 1. The first-order valence-corrected chi connectivity index (χ1v) is 4.84. The minimum Gasteiger partial charge on any atom is -0.389 e. The van der Waals surface area contributed by atoms with Gasteiger partial charge in [0.05, 0.1) is 6.20 Å². The van der Waals surface area contributed by atoms with Crippen LogP contribution in [0.15, 0.2) is 6.20 Å². The van der Waals surface area contributed by atoms with Crippen LogP contribution >= 0.6 is 11.3 Å². The highest BCUT2D eigenvalue weighted by Gasteiger charge is 2.15. The number of anilines is 2. The molecular weight excluding hydrogens is 170 g/mol. The maximum Gasteiger partial charge on any atom is 0.185 e. The van der Waals surface area contributed by atoms with Gasteiger partial charge in [-0.25, -0.2) is 4.98 Å². The van der Waals surface area contributed by atoms with Gasteiger partial charge in [0.25, 0.3) is 0 Å². The Kier molecular flexibility index (Phi) is 2.57. The van der Waals surface area contributed by atoms with E-state index in [0.29, 0.717) is 0 Å². The van der Waals surface area contributed by atoms with Crippen LogP contribution in [0.5, 0.6) is 0 Å². The van der Waals surface area contributed by atoms with E-state index in [9.17, 15) is 0 Å². The molecule has 0 bridgehead atoms. The molecule has 0 aliphatic carbocycles. The van der Waals surface area contributed by atoms with Crippen molar-refractivity contribution in [2.75, 3.05) is 11.1 Å². The normalized spacial score (nSPS) is 11.6. The van der Waals surface area contributed by atoms with Crippen molar-refractivity contribution in [3.05, 3.63) is 6.20 Å². The van der Waals surface area contributed by atoms with Crippen molar-refractivity contribution >= 4 is 21.5 Å². The number of rotatable bonds is 3. The number of aromatic nitrogens is 1. The summed E-state index contributed by atoms with van der Waals surface area (Å²) in [7, 11) is 0. The minimum atomic E-state index is 0.101. The van der Waals surface area contributed by atoms with Crippen LogP contribution in [0.4, 0.5) is 10.1 Å². The molecule has 0 saturated heterocycles. The van der Waals surface area contributed by atoms with Crippen LogP contribution in [-0.2, 0) is 0 Å². The highest BCUT2D eigenvalue weighted by molar-refractivity contribution is 7.19. The smallest absolute Gasteiger partial charge is 0.185 e. The van der Waals surface area contributed by atoms with Gasteiger partial charge in [-0.2, -0.15) is 0 Å². The van der Waals surface area contributed by atoms with Gasteiger partial charge in [0, 0.05) is 5.54 Å². The number of nitrogens with zero attached hydrogens (tertiary/aromatic N) is 1. The van der Waals surface area contributed by atoms with Gasteiger partial charge in [0.15, 0.2) is 5.13 Å². The van der Waals surface area contributed by atoms with E-state index in [2.05, 4.69) is 31.1 Å². The fourth-order valence-corrected chi connectivity index (χ4v) is 1.48. The summed E-state index contributed by atoms with van der Waals surface area (Å²) in [6.07, 6.45) is 2.74. The van der Waals surface area contributed by atoms with E-state index < -0.39 is 0 Å². The zero-order chi connectivity index (χ0) is 9.19. The van der Waals surface area contributed by atoms with E-state index in [1.54, 1.807) is 6.20 Å². The van der Waals surface area contributed by atoms with Gasteiger partial charge in [0.1, 0.15) is 5.00 Å². The lowest BCUT2D eigenvalue weighted by Crippen LogP contribution is -2.29. The van der Waals surface area contributed by atoms with Crippen molar-refractivity contribution in [3.8, 4) is 0 Å². The lowest BCUT2D eigenvalue weighted by atomic mass is 10.0. The van der Waals surface area contributed by atoms with Crippen molar-refractivity contribution in [2.45, 2.75) is 32.7 Å². The Morgan fingerprint density at radius 3 is 2.75 bits per heavy atom. The van der Waals surface area contributed by atoms with Crippen LogP contribution in [0.1, 0.15) is 27.2 Å². The molecule has 0 amide bonds. The summed E-state index contributed by atoms with van der Waals surface area (Å²) in [5.74, 6) is 0. The average molecular weight is 185 g/mol. The molecule has 0 radical (unpaired) electrons. The number of nitrogens with two attached hydrogens (primary N) is 1. The number of hydrogen-bond donors (Lipinski definition) is 2. The molecule has 1 aromatic heterocycles. The Morgan fingerprint density at radius 1 is 1.67 bits per heavy atom. The summed E-state index contributed by atoms with van der Waals surface area (Å²) in [5.41, 5.74) is 5.66. The van der Waals surface area contributed by atoms with Crippen LogP contribution in [0.25, 0.3) is 0 Å². The molecule has 0 fully saturated rings. The molecule has 0 saturated carbocycles. The summed E-state index contributed by atoms with van der Waals surface area (Å²) in [5, 5.41) is 4.97. The highest BCUT2D eigenvalue weighted by atomic mass is 32.1. The Balaban J connectivity index is 2.63. The highest BCUT2D eigenvalue weighted by Crippen LogP contribution is 2.24. The molecule has 3 nitrogen and oxygen atoms in total. The molecule has 3 N–H and O–H groups in total. The standard InChI is InChI=1S/C8H15N3S/c1-4-8(2,3)11-7-10-5-6(9)12-7/h5H,4,9H2,1-3H3,(H,10,11). The van der Waals surface area contributed by atoms with E-state index >= 15 is 0 Å². The van der Waals surface area contributed by atoms with Gasteiger partial charge in [-0.1, -0.05) is 18.3 Å². The zero-order valence-corrected chi connectivity index (χ0v) is 8.53. The third kappa shape index (κ3) is 2.37. The average Bonchev–Trinajstić information content (AvgIpc) is 2.35. The maximum absolute atomic E-state index is 5.55. The predicted molar refractivity (Wildman–Crippen MR) is 54.5 cm³/mol. The fraction of sp³-hybridized carbons (Fsp3) is 0.625. The molecule has 1 rings (SSSR count). The lowest BCUT2D eigenvalue weighted by molar-refractivity contribution is 0.547. The van der Waals surface area contributed by atoms with Crippen molar-refractivity contribution in [1.29, 1.82) is 0 Å². The van der Waals surface area contributed by atoms with Crippen LogP contribution in [-0.4, -0.2) is 10.5 Å². The van der Waals surface area contributed by atoms with Crippen LogP contribution < -0.4 is 11.1 Å². The van der Waals surface area contributed by atoms with E-state index in [-0.39, 0.29) is 5.54 Å². The molecule has 0 aromatic carbocycles. The van der Waals surface area contributed by atoms with Crippen LogP contribution in [0, 0.1) is 0 Å². The lowest BCUT2D eigenvalue weighted by Gasteiger charge is -2.23. The molecule has 0 aliphatic rings. The Morgan fingerprint density at radius 2 is 2.33 bits per heavy atom. The Bertz CT molecular complexity index is 255. The summed E-state index contributed by atoms with van der Waals surface area (Å²) >= 11 is 1.49. The zero-order valence-electron chi connectivity index (χ0n) is 7.72. The van der Waals surface area contributed by atoms with Crippen molar-refractivity contribution in [1.82, 2.24) is 4.98 Å². The fourth-order valence-electron chi connectivity index (χ4n) is 0.722. The van der Waals surface area contributed by atoms with Gasteiger partial charge in [-0.05, 0) is 20.3 Å². The third-order valence-electron chi connectivity index (χ3n) is 1.85. The molecule has 12 heavy (non-hydrogen) atoms. The first kappa shape index (κ1) is 9.32. The van der Waals surface area contributed by atoms with E-state index in [1.807, 2.05) is 0 Å². The van der Waals surface area contributed by atoms with Gasteiger partial charge in [0.2, 0.25) is 0 Å². The molecule has 0 aliphatic heterocycles. The number of nitrogen functional groups attached to an aromatic ring is 1. The first-order valence-electron chi connectivity index (χ1n) is 4.03. The van der Waals surface area contributed by atoms with Gasteiger partial charge in [-0.15, -0.1) is 0 Å². The topological polar surface area (TPSA) is 50.9 Å². The van der Waals surface area contributed by atoms with Gasteiger partial charge >= 0.3 is 0 Å². The predicted octanol–water partition coefficient (Wildman–Crippen LogP) is 2.33. The van der Waals surface area contributed by atoms with E-state index in [1.165, 1.54) is 11.3 Å². The van der Waals surface area contributed by atoms with E-state index in [0.717, 1.165) is 16.6 Å². The molecule has 0 spiro atoms. The second-order valence-electron chi connectivity index (χ2n) is 3.43. The number of thiazole rings is 1. The minimum absolute atomic E-state index is 0.101. The third-order valence-corrected chi connectivity index (χ3v) is 2.59. The monoisotopic (exact) mass is 185 g/mol. The number of hydrogen-bond acceptors (Lipinski definition) is 4. The largest absolute Gasteiger partial charge is 0.389 e. The summed E-state index contributed by atoms with van der Waals surface area (Å²) in [6.45, 7) is 6.43. The summed E-state index contributed by atoms with van der Waals surface area (Å²) < 4.78 is 0. The second-order valence-corrected chi connectivity index (χ2v) is 4.49. The SMILES string of the molecule is CCC(C)(C)Nc1ncc(N)s1. The Labute approximate surface area is 77.0 Å². The second kappa shape index (κ2) is 3.31. The summed E-state index contributed by atoms with van der Waals surface area (Å²) in [6, 6.07) is 0.